The summed E-state index contributed by atoms with van der Waals surface area (Å²) in [6, 6.07) is 6.20. The van der Waals surface area contributed by atoms with Crippen LogP contribution in [0.2, 0.25) is 0 Å². The van der Waals surface area contributed by atoms with Gasteiger partial charge in [-0.15, -0.1) is 0 Å². The van der Waals surface area contributed by atoms with E-state index in [0.29, 0.717) is 11.5 Å². The van der Waals surface area contributed by atoms with Gasteiger partial charge in [0.15, 0.2) is 0 Å². The molecule has 1 saturated heterocycles. The van der Waals surface area contributed by atoms with E-state index in [1.807, 2.05) is 13.8 Å². The third-order valence-electron chi connectivity index (χ3n) is 6.54. The van der Waals surface area contributed by atoms with Crippen LogP contribution >= 0.6 is 0 Å². The molecule has 0 unspecified atom stereocenters. The summed E-state index contributed by atoms with van der Waals surface area (Å²) in [7, 11) is 0. The molecule has 2 aliphatic rings. The minimum Gasteiger partial charge on any atom is -0.488 e. The zero-order valence-electron chi connectivity index (χ0n) is 20.8. The van der Waals surface area contributed by atoms with E-state index in [1.165, 1.54) is 6.33 Å². The van der Waals surface area contributed by atoms with Crippen LogP contribution < -0.4 is 20.3 Å². The van der Waals surface area contributed by atoms with Gasteiger partial charge in [0.1, 0.15) is 29.1 Å². The average Bonchev–Trinajstić information content (AvgIpc) is 2.90. The predicted molar refractivity (Wildman–Crippen MR) is 137 cm³/mol. The van der Waals surface area contributed by atoms with E-state index >= 15 is 0 Å². The first kappa shape index (κ1) is 24.2. The Kier molecular flexibility index (Phi) is 7.41. The molecule has 5 rings (SSSR count). The molecule has 1 aliphatic heterocycles. The number of nitrogens with zero attached hydrogens (tertiary/aromatic N) is 5. The van der Waals surface area contributed by atoms with Crippen LogP contribution in [0.1, 0.15) is 50.0 Å². The van der Waals surface area contributed by atoms with Gasteiger partial charge in [0.25, 0.3) is 5.91 Å². The Morgan fingerprint density at radius 2 is 1.81 bits per heavy atom. The summed E-state index contributed by atoms with van der Waals surface area (Å²) in [5.74, 6) is 1.26. The molecule has 1 aromatic carbocycles. The number of hydrogen-bond donors (Lipinski definition) is 2. The van der Waals surface area contributed by atoms with Crippen molar-refractivity contribution in [2.45, 2.75) is 57.7 Å². The topological polar surface area (TPSA) is 114 Å². The molecule has 36 heavy (non-hydrogen) atoms. The van der Waals surface area contributed by atoms with E-state index in [0.717, 1.165) is 74.5 Å². The Bertz CT molecular complexity index is 1190. The minimum atomic E-state index is -0.192. The summed E-state index contributed by atoms with van der Waals surface area (Å²) in [5.41, 5.74) is 3.10. The fourth-order valence-corrected chi connectivity index (χ4v) is 4.73. The third kappa shape index (κ3) is 5.81. The highest BCUT2D eigenvalue weighted by molar-refractivity contribution is 5.93. The number of fused-ring (bicyclic) bond motifs is 1. The number of anilines is 2. The van der Waals surface area contributed by atoms with E-state index in [-0.39, 0.29) is 24.1 Å². The lowest BCUT2D eigenvalue weighted by Gasteiger charge is -2.31. The summed E-state index contributed by atoms with van der Waals surface area (Å²) >= 11 is 0. The van der Waals surface area contributed by atoms with Crippen LogP contribution in [0.15, 0.2) is 36.9 Å². The van der Waals surface area contributed by atoms with Gasteiger partial charge in [-0.1, -0.05) is 0 Å². The fraction of sp³-hybridized carbons (Fsp3) is 0.500. The quantitative estimate of drug-likeness (QED) is 0.514. The molecule has 1 saturated carbocycles. The number of carbonyl (C=O) groups is 1. The number of ether oxygens (including phenoxy) is 2. The smallest absolute Gasteiger partial charge is 0.270 e. The van der Waals surface area contributed by atoms with Gasteiger partial charge in [-0.05, 0) is 45.6 Å². The Labute approximate surface area is 210 Å². The first-order valence-corrected chi connectivity index (χ1v) is 12.7. The van der Waals surface area contributed by atoms with E-state index in [4.69, 9.17) is 9.47 Å². The fourth-order valence-electron chi connectivity index (χ4n) is 4.73. The van der Waals surface area contributed by atoms with E-state index in [2.05, 4.69) is 47.6 Å². The van der Waals surface area contributed by atoms with Gasteiger partial charge in [-0.3, -0.25) is 9.78 Å². The number of aromatic nitrogens is 4. The summed E-state index contributed by atoms with van der Waals surface area (Å²) in [4.78, 5) is 32.1. The van der Waals surface area contributed by atoms with Crippen LogP contribution in [-0.2, 0) is 4.74 Å². The summed E-state index contributed by atoms with van der Waals surface area (Å²) in [6.07, 6.45) is 8.66. The van der Waals surface area contributed by atoms with Crippen molar-refractivity contribution in [3.05, 3.63) is 42.6 Å². The number of nitrogens with one attached hydrogen (secondary N) is 2. The standard InChI is InChI=1S/C26H33N7O3/c1-17(2)31-26(34)22-15-24(30-16-29-22)32-18-3-5-20(6-4-18)36-23-14-19(33-9-11-35-12-10-33)13-21-25(23)28-8-7-27-21/h7-8,13-18,20H,3-6,9-12H2,1-2H3,(H,31,34)(H,29,30,32)/t18-,20+. The number of benzene rings is 1. The highest BCUT2D eigenvalue weighted by atomic mass is 16.5. The second kappa shape index (κ2) is 11.0. The zero-order chi connectivity index (χ0) is 24.9. The Balaban J connectivity index is 1.22. The highest BCUT2D eigenvalue weighted by Gasteiger charge is 2.25. The van der Waals surface area contributed by atoms with Gasteiger partial charge in [-0.25, -0.2) is 15.0 Å². The first-order chi connectivity index (χ1) is 17.5. The molecule has 0 spiro atoms. The van der Waals surface area contributed by atoms with Gasteiger partial charge in [0.05, 0.1) is 24.8 Å². The van der Waals surface area contributed by atoms with Crippen molar-refractivity contribution in [3.63, 3.8) is 0 Å². The van der Waals surface area contributed by atoms with Crippen molar-refractivity contribution in [2.24, 2.45) is 0 Å². The molecule has 3 aromatic rings. The average molecular weight is 492 g/mol. The molecule has 10 heteroatoms. The number of rotatable bonds is 7. The molecular formula is C26H33N7O3. The maximum Gasteiger partial charge on any atom is 0.270 e. The zero-order valence-corrected chi connectivity index (χ0v) is 20.8. The number of amides is 1. The molecule has 1 aliphatic carbocycles. The van der Waals surface area contributed by atoms with Crippen molar-refractivity contribution >= 4 is 28.4 Å². The highest BCUT2D eigenvalue weighted by Crippen LogP contribution is 2.33. The van der Waals surface area contributed by atoms with Crippen molar-refractivity contribution in [1.29, 1.82) is 0 Å². The third-order valence-corrected chi connectivity index (χ3v) is 6.54. The summed E-state index contributed by atoms with van der Waals surface area (Å²) in [6.45, 7) is 7.00. The van der Waals surface area contributed by atoms with Crippen LogP contribution in [0.25, 0.3) is 11.0 Å². The summed E-state index contributed by atoms with van der Waals surface area (Å²) < 4.78 is 12.0. The van der Waals surface area contributed by atoms with Crippen molar-refractivity contribution < 1.29 is 14.3 Å². The molecule has 1 amide bonds. The van der Waals surface area contributed by atoms with Gasteiger partial charge in [-0.2, -0.15) is 0 Å². The number of morpholine rings is 1. The van der Waals surface area contributed by atoms with Gasteiger partial charge < -0.3 is 25.0 Å². The van der Waals surface area contributed by atoms with E-state index in [9.17, 15) is 4.79 Å². The summed E-state index contributed by atoms with van der Waals surface area (Å²) in [5, 5.41) is 6.33. The number of carbonyl (C=O) groups excluding carboxylic acids is 1. The molecule has 0 radical (unpaired) electrons. The maximum absolute atomic E-state index is 12.3. The van der Waals surface area contributed by atoms with Crippen molar-refractivity contribution in [1.82, 2.24) is 25.3 Å². The molecule has 3 heterocycles. The van der Waals surface area contributed by atoms with Crippen LogP contribution in [0.4, 0.5) is 11.5 Å². The van der Waals surface area contributed by atoms with E-state index in [1.54, 1.807) is 18.5 Å². The molecular weight excluding hydrogens is 458 g/mol. The molecule has 2 aromatic heterocycles. The predicted octanol–water partition coefficient (Wildman–Crippen LogP) is 3.20. The van der Waals surface area contributed by atoms with Gasteiger partial charge >= 0.3 is 0 Å². The molecule has 190 valence electrons. The molecule has 10 nitrogen and oxygen atoms in total. The Morgan fingerprint density at radius 3 is 2.58 bits per heavy atom. The van der Waals surface area contributed by atoms with Crippen molar-refractivity contribution in [2.75, 3.05) is 36.5 Å². The molecule has 0 atom stereocenters. The second-order valence-electron chi connectivity index (χ2n) is 9.62. The monoisotopic (exact) mass is 491 g/mol. The SMILES string of the molecule is CC(C)NC(=O)c1cc(N[C@H]2CC[C@@H](Oc3cc(N4CCOCC4)cc4nccnc34)CC2)ncn1. The normalized spacial score (nSPS) is 20.4. The lowest BCUT2D eigenvalue weighted by molar-refractivity contribution is 0.0938. The van der Waals surface area contributed by atoms with Crippen molar-refractivity contribution in [3.8, 4) is 5.75 Å². The van der Waals surface area contributed by atoms with Crippen LogP contribution in [0.5, 0.6) is 5.75 Å². The molecule has 2 N–H and O–H groups in total. The first-order valence-electron chi connectivity index (χ1n) is 12.7. The van der Waals surface area contributed by atoms with Gasteiger partial charge in [0, 0.05) is 55.4 Å². The van der Waals surface area contributed by atoms with E-state index < -0.39 is 0 Å². The Morgan fingerprint density at radius 1 is 1.03 bits per heavy atom. The second-order valence-corrected chi connectivity index (χ2v) is 9.62. The lowest BCUT2D eigenvalue weighted by Crippen LogP contribution is -2.36. The lowest BCUT2D eigenvalue weighted by atomic mass is 9.93. The van der Waals surface area contributed by atoms with Gasteiger partial charge in [0.2, 0.25) is 0 Å². The largest absolute Gasteiger partial charge is 0.488 e. The minimum absolute atomic E-state index is 0.0526. The van der Waals surface area contributed by atoms with Crippen LogP contribution in [-0.4, -0.2) is 70.3 Å². The molecule has 0 bridgehead atoms. The molecule has 2 fully saturated rings. The van der Waals surface area contributed by atoms with Crippen LogP contribution in [0.3, 0.4) is 0 Å². The maximum atomic E-state index is 12.3. The number of hydrogen-bond acceptors (Lipinski definition) is 9. The van der Waals surface area contributed by atoms with Crippen LogP contribution in [0, 0.1) is 0 Å². The Hall–Kier alpha value is -3.53.